The van der Waals surface area contributed by atoms with E-state index < -0.39 is 0 Å². The van der Waals surface area contributed by atoms with Gasteiger partial charge in [-0.3, -0.25) is 4.57 Å². The number of hydrogen-bond acceptors (Lipinski definition) is 3. The Labute approximate surface area is 136 Å². The van der Waals surface area contributed by atoms with Gasteiger partial charge in [-0.15, -0.1) is 0 Å². The lowest BCUT2D eigenvalue weighted by molar-refractivity contribution is 0.429. The molecule has 0 bridgehead atoms. The molecule has 0 amide bonds. The van der Waals surface area contributed by atoms with E-state index in [-0.39, 0.29) is 5.69 Å². The summed E-state index contributed by atoms with van der Waals surface area (Å²) in [7, 11) is 0. The van der Waals surface area contributed by atoms with Gasteiger partial charge in [0, 0.05) is 12.5 Å². The lowest BCUT2D eigenvalue weighted by Gasteiger charge is -2.21. The van der Waals surface area contributed by atoms with Crippen LogP contribution in [0.25, 0.3) is 6.08 Å². The van der Waals surface area contributed by atoms with Crippen LogP contribution in [0, 0.1) is 0 Å². The van der Waals surface area contributed by atoms with Crippen molar-refractivity contribution in [1.82, 2.24) is 19.7 Å². The Balaban J connectivity index is 1.78. The first-order chi connectivity index (χ1) is 11.3. The standard InChI is InChI=1S/C18H24N4O/c1-2-21-17(16-10-12-19-13-11-16)20-22(18(21)23)14-6-9-15-7-4-3-5-8-15/h3-9,16,19H,2,10-14H2,1H3. The molecule has 5 heteroatoms. The number of hydrogen-bond donors (Lipinski definition) is 1. The van der Waals surface area contributed by atoms with Crippen LogP contribution in [0.1, 0.15) is 37.1 Å². The first-order valence-corrected chi connectivity index (χ1v) is 8.39. The quantitative estimate of drug-likeness (QED) is 0.921. The van der Waals surface area contributed by atoms with Crippen LogP contribution < -0.4 is 11.0 Å². The zero-order valence-electron chi connectivity index (χ0n) is 13.6. The molecule has 122 valence electrons. The molecule has 0 saturated carbocycles. The fourth-order valence-electron chi connectivity index (χ4n) is 3.11. The van der Waals surface area contributed by atoms with Gasteiger partial charge in [0.25, 0.3) is 0 Å². The molecule has 2 heterocycles. The molecular formula is C18H24N4O. The summed E-state index contributed by atoms with van der Waals surface area (Å²) in [6, 6.07) is 10.1. The second-order valence-corrected chi connectivity index (χ2v) is 5.90. The highest BCUT2D eigenvalue weighted by molar-refractivity contribution is 5.48. The van der Waals surface area contributed by atoms with Crippen molar-refractivity contribution >= 4 is 6.08 Å². The van der Waals surface area contributed by atoms with Crippen LogP contribution >= 0.6 is 0 Å². The van der Waals surface area contributed by atoms with Crippen molar-refractivity contribution < 1.29 is 0 Å². The van der Waals surface area contributed by atoms with Crippen molar-refractivity contribution in [2.75, 3.05) is 13.1 Å². The van der Waals surface area contributed by atoms with Gasteiger partial charge < -0.3 is 5.32 Å². The minimum absolute atomic E-state index is 0.00116. The van der Waals surface area contributed by atoms with Gasteiger partial charge in [0.2, 0.25) is 0 Å². The maximum Gasteiger partial charge on any atom is 0.346 e. The third-order valence-corrected chi connectivity index (χ3v) is 4.36. The van der Waals surface area contributed by atoms with Crippen LogP contribution in [0.2, 0.25) is 0 Å². The molecule has 0 atom stereocenters. The summed E-state index contributed by atoms with van der Waals surface area (Å²) in [5.41, 5.74) is 1.13. The molecule has 1 aromatic carbocycles. The Bertz CT molecular complexity index is 708. The summed E-state index contributed by atoms with van der Waals surface area (Å²) in [6.45, 7) is 5.21. The minimum atomic E-state index is -0.00116. The van der Waals surface area contributed by atoms with E-state index in [4.69, 9.17) is 0 Å². The predicted molar refractivity (Wildman–Crippen MR) is 92.5 cm³/mol. The van der Waals surface area contributed by atoms with Crippen molar-refractivity contribution in [2.45, 2.75) is 38.8 Å². The third-order valence-electron chi connectivity index (χ3n) is 4.36. The highest BCUT2D eigenvalue weighted by Crippen LogP contribution is 2.22. The number of piperidine rings is 1. The topological polar surface area (TPSA) is 51.9 Å². The van der Waals surface area contributed by atoms with E-state index in [0.717, 1.165) is 37.3 Å². The summed E-state index contributed by atoms with van der Waals surface area (Å²) >= 11 is 0. The molecule has 0 radical (unpaired) electrons. The Kier molecular flexibility index (Phi) is 5.08. The molecule has 0 spiro atoms. The monoisotopic (exact) mass is 312 g/mol. The molecule has 1 aliphatic heterocycles. The number of aromatic nitrogens is 3. The van der Waals surface area contributed by atoms with Crippen molar-refractivity contribution in [3.8, 4) is 0 Å². The number of allylic oxidation sites excluding steroid dienone is 1. The highest BCUT2D eigenvalue weighted by Gasteiger charge is 2.22. The molecule has 3 rings (SSSR count). The van der Waals surface area contributed by atoms with E-state index in [0.29, 0.717) is 19.0 Å². The largest absolute Gasteiger partial charge is 0.346 e. The number of nitrogens with one attached hydrogen (secondary N) is 1. The van der Waals surface area contributed by atoms with E-state index >= 15 is 0 Å². The van der Waals surface area contributed by atoms with E-state index in [9.17, 15) is 4.79 Å². The summed E-state index contributed by atoms with van der Waals surface area (Å²) in [6.07, 6.45) is 6.13. The fraction of sp³-hybridized carbons (Fsp3) is 0.444. The van der Waals surface area contributed by atoms with Crippen molar-refractivity contribution in [3.05, 3.63) is 58.3 Å². The molecule has 0 unspecified atom stereocenters. The predicted octanol–water partition coefficient (Wildman–Crippen LogP) is 2.25. The molecule has 23 heavy (non-hydrogen) atoms. The lowest BCUT2D eigenvalue weighted by Crippen LogP contribution is -2.29. The maximum absolute atomic E-state index is 12.5. The highest BCUT2D eigenvalue weighted by atomic mass is 16.2. The molecule has 1 fully saturated rings. The van der Waals surface area contributed by atoms with Crippen molar-refractivity contribution in [1.29, 1.82) is 0 Å². The van der Waals surface area contributed by atoms with Crippen LogP contribution in [-0.4, -0.2) is 27.4 Å². The average Bonchev–Trinajstić information content (AvgIpc) is 2.93. The van der Waals surface area contributed by atoms with E-state index in [1.807, 2.05) is 54.0 Å². The van der Waals surface area contributed by atoms with Crippen LogP contribution in [-0.2, 0) is 13.1 Å². The van der Waals surface area contributed by atoms with Gasteiger partial charge in [-0.1, -0.05) is 42.5 Å². The van der Waals surface area contributed by atoms with Gasteiger partial charge in [0.05, 0.1) is 6.54 Å². The second kappa shape index (κ2) is 7.42. The minimum Gasteiger partial charge on any atom is -0.317 e. The smallest absolute Gasteiger partial charge is 0.317 e. The van der Waals surface area contributed by atoms with Gasteiger partial charge in [-0.05, 0) is 38.4 Å². The number of rotatable bonds is 5. The summed E-state index contributed by atoms with van der Waals surface area (Å²) in [4.78, 5) is 12.5. The summed E-state index contributed by atoms with van der Waals surface area (Å²) in [5, 5.41) is 7.99. The second-order valence-electron chi connectivity index (χ2n) is 5.90. The van der Waals surface area contributed by atoms with Gasteiger partial charge >= 0.3 is 5.69 Å². The Morgan fingerprint density at radius 3 is 2.70 bits per heavy atom. The fourth-order valence-corrected chi connectivity index (χ4v) is 3.11. The summed E-state index contributed by atoms with van der Waals surface area (Å²) < 4.78 is 3.41. The SMILES string of the molecule is CCn1c(C2CCNCC2)nn(CC=Cc2ccccc2)c1=O. The number of nitrogens with zero attached hydrogens (tertiary/aromatic N) is 3. The third kappa shape index (κ3) is 3.62. The van der Waals surface area contributed by atoms with Crippen molar-refractivity contribution in [2.24, 2.45) is 0 Å². The lowest BCUT2D eigenvalue weighted by atomic mass is 9.97. The van der Waals surface area contributed by atoms with E-state index in [2.05, 4.69) is 10.4 Å². The molecule has 1 aliphatic rings. The van der Waals surface area contributed by atoms with Crippen LogP contribution in [0.15, 0.2) is 41.2 Å². The number of benzene rings is 1. The molecule has 1 aromatic heterocycles. The Morgan fingerprint density at radius 2 is 2.00 bits per heavy atom. The zero-order chi connectivity index (χ0) is 16.1. The normalized spacial score (nSPS) is 16.2. The molecule has 1 N–H and O–H groups in total. The van der Waals surface area contributed by atoms with Crippen LogP contribution in [0.5, 0.6) is 0 Å². The van der Waals surface area contributed by atoms with Gasteiger partial charge in [-0.2, -0.15) is 5.10 Å². The molecule has 1 saturated heterocycles. The zero-order valence-corrected chi connectivity index (χ0v) is 13.6. The average molecular weight is 312 g/mol. The molecular weight excluding hydrogens is 288 g/mol. The molecule has 2 aromatic rings. The maximum atomic E-state index is 12.5. The van der Waals surface area contributed by atoms with Gasteiger partial charge in [0.15, 0.2) is 0 Å². The van der Waals surface area contributed by atoms with Gasteiger partial charge in [0.1, 0.15) is 5.82 Å². The van der Waals surface area contributed by atoms with Crippen LogP contribution in [0.3, 0.4) is 0 Å². The summed E-state index contributed by atoms with van der Waals surface area (Å²) in [5.74, 6) is 1.34. The molecule has 0 aliphatic carbocycles. The first kappa shape index (κ1) is 15.7. The Hall–Kier alpha value is -2.14. The van der Waals surface area contributed by atoms with Crippen LogP contribution in [0.4, 0.5) is 0 Å². The first-order valence-electron chi connectivity index (χ1n) is 8.39. The van der Waals surface area contributed by atoms with E-state index in [1.165, 1.54) is 0 Å². The molecule has 5 nitrogen and oxygen atoms in total. The van der Waals surface area contributed by atoms with Gasteiger partial charge in [-0.25, -0.2) is 9.48 Å². The Morgan fingerprint density at radius 1 is 1.26 bits per heavy atom. The van der Waals surface area contributed by atoms with E-state index in [1.54, 1.807) is 4.68 Å². The van der Waals surface area contributed by atoms with Crippen molar-refractivity contribution in [3.63, 3.8) is 0 Å².